The van der Waals surface area contributed by atoms with Gasteiger partial charge < -0.3 is 10.0 Å². The maximum atomic E-state index is 9.04. The van der Waals surface area contributed by atoms with E-state index in [-0.39, 0.29) is 6.61 Å². The number of aliphatic hydroxyl groups excluding tert-OH is 1. The van der Waals surface area contributed by atoms with Gasteiger partial charge in [0, 0.05) is 18.3 Å². The van der Waals surface area contributed by atoms with Crippen LogP contribution in [0.4, 0.5) is 5.69 Å². The zero-order valence-corrected chi connectivity index (χ0v) is 9.20. The minimum absolute atomic E-state index is 0.115. The molecule has 1 aromatic carbocycles. The summed E-state index contributed by atoms with van der Waals surface area (Å²) in [5, 5.41) is 9.04. The van der Waals surface area contributed by atoms with E-state index in [1.807, 2.05) is 18.2 Å². The van der Waals surface area contributed by atoms with E-state index in [1.54, 1.807) is 0 Å². The van der Waals surface area contributed by atoms with Gasteiger partial charge in [0.05, 0.1) is 6.61 Å². The Morgan fingerprint density at radius 2 is 2.07 bits per heavy atom. The lowest BCUT2D eigenvalue weighted by Crippen LogP contribution is -2.30. The van der Waals surface area contributed by atoms with E-state index in [0.717, 1.165) is 12.1 Å². The zero-order chi connectivity index (χ0) is 10.6. The van der Waals surface area contributed by atoms with Gasteiger partial charge in [0.15, 0.2) is 0 Å². The van der Waals surface area contributed by atoms with Crippen molar-refractivity contribution >= 4 is 5.69 Å². The number of benzene rings is 1. The highest BCUT2D eigenvalue weighted by atomic mass is 16.3. The molecule has 1 rings (SSSR count). The van der Waals surface area contributed by atoms with Gasteiger partial charge in [-0.3, -0.25) is 0 Å². The maximum Gasteiger partial charge on any atom is 0.0682 e. The van der Waals surface area contributed by atoms with Crippen molar-refractivity contribution in [2.24, 2.45) is 0 Å². The first-order chi connectivity index (χ1) is 6.69. The molecule has 1 aromatic rings. The summed E-state index contributed by atoms with van der Waals surface area (Å²) in [7, 11) is 0. The molecule has 0 radical (unpaired) electrons. The molecule has 0 saturated heterocycles. The van der Waals surface area contributed by atoms with Crippen molar-refractivity contribution in [2.45, 2.75) is 33.4 Å². The Labute approximate surface area is 86.2 Å². The van der Waals surface area contributed by atoms with Crippen molar-refractivity contribution in [3.8, 4) is 0 Å². The number of hydrogen-bond acceptors (Lipinski definition) is 2. The van der Waals surface area contributed by atoms with Gasteiger partial charge in [0.2, 0.25) is 0 Å². The summed E-state index contributed by atoms with van der Waals surface area (Å²) >= 11 is 0. The van der Waals surface area contributed by atoms with Crippen LogP contribution < -0.4 is 4.90 Å². The molecule has 1 N–H and O–H groups in total. The van der Waals surface area contributed by atoms with Crippen molar-refractivity contribution < 1.29 is 5.11 Å². The Morgan fingerprint density at radius 1 is 1.36 bits per heavy atom. The van der Waals surface area contributed by atoms with Crippen LogP contribution in [0, 0.1) is 0 Å². The van der Waals surface area contributed by atoms with Crippen LogP contribution in [-0.2, 0) is 6.61 Å². The minimum atomic E-state index is 0.115. The topological polar surface area (TPSA) is 23.5 Å². The number of rotatable bonds is 4. The Kier molecular flexibility index (Phi) is 3.96. The van der Waals surface area contributed by atoms with Gasteiger partial charge in [0.1, 0.15) is 0 Å². The lowest BCUT2D eigenvalue weighted by Gasteiger charge is -2.27. The summed E-state index contributed by atoms with van der Waals surface area (Å²) < 4.78 is 0. The summed E-state index contributed by atoms with van der Waals surface area (Å²) in [4.78, 5) is 2.30. The highest BCUT2D eigenvalue weighted by Crippen LogP contribution is 2.18. The molecule has 14 heavy (non-hydrogen) atoms. The van der Waals surface area contributed by atoms with Gasteiger partial charge in [-0.1, -0.05) is 12.1 Å². The minimum Gasteiger partial charge on any atom is -0.392 e. The highest BCUT2D eigenvalue weighted by molar-refractivity contribution is 5.49. The fourth-order valence-corrected chi connectivity index (χ4v) is 1.68. The molecule has 0 aliphatic heterocycles. The first-order valence-electron chi connectivity index (χ1n) is 5.15. The standard InChI is InChI=1S/C12H19NO/c1-4-13(10(2)3)12-7-5-6-11(8-12)9-14/h5-8,10,14H,4,9H2,1-3H3. The van der Waals surface area contributed by atoms with Crippen molar-refractivity contribution in [2.75, 3.05) is 11.4 Å². The second-order valence-electron chi connectivity index (χ2n) is 3.71. The van der Waals surface area contributed by atoms with Gasteiger partial charge in [-0.15, -0.1) is 0 Å². The van der Waals surface area contributed by atoms with Crippen LogP contribution in [-0.4, -0.2) is 17.7 Å². The molecule has 0 heterocycles. The normalized spacial score (nSPS) is 10.6. The molecular formula is C12H19NO. The molecule has 0 atom stereocenters. The fraction of sp³-hybridized carbons (Fsp3) is 0.500. The van der Waals surface area contributed by atoms with E-state index in [4.69, 9.17) is 5.11 Å². The molecule has 0 unspecified atom stereocenters. The molecule has 2 heteroatoms. The Morgan fingerprint density at radius 3 is 2.57 bits per heavy atom. The average molecular weight is 193 g/mol. The van der Waals surface area contributed by atoms with Gasteiger partial charge in [0.25, 0.3) is 0 Å². The van der Waals surface area contributed by atoms with E-state index < -0.39 is 0 Å². The molecule has 0 aliphatic carbocycles. The van der Waals surface area contributed by atoms with Crippen LogP contribution in [0.1, 0.15) is 26.3 Å². The fourth-order valence-electron chi connectivity index (χ4n) is 1.68. The molecule has 0 amide bonds. The number of anilines is 1. The second-order valence-corrected chi connectivity index (χ2v) is 3.71. The van der Waals surface area contributed by atoms with Crippen LogP contribution in [0.15, 0.2) is 24.3 Å². The van der Waals surface area contributed by atoms with Gasteiger partial charge in [-0.2, -0.15) is 0 Å². The SMILES string of the molecule is CCN(c1cccc(CO)c1)C(C)C. The van der Waals surface area contributed by atoms with Crippen LogP contribution in [0.3, 0.4) is 0 Å². The summed E-state index contributed by atoms with van der Waals surface area (Å²) in [5.74, 6) is 0. The zero-order valence-electron chi connectivity index (χ0n) is 9.20. The highest BCUT2D eigenvalue weighted by Gasteiger charge is 2.07. The Hall–Kier alpha value is -1.02. The number of aliphatic hydroxyl groups is 1. The molecule has 0 bridgehead atoms. The Balaban J connectivity index is 2.92. The summed E-state index contributed by atoms with van der Waals surface area (Å²) in [6.07, 6.45) is 0. The van der Waals surface area contributed by atoms with E-state index >= 15 is 0 Å². The number of hydrogen-bond donors (Lipinski definition) is 1. The van der Waals surface area contributed by atoms with Crippen LogP contribution >= 0.6 is 0 Å². The molecule has 78 valence electrons. The van der Waals surface area contributed by atoms with Crippen molar-refractivity contribution in [3.63, 3.8) is 0 Å². The molecule has 0 aliphatic rings. The molecule has 0 spiro atoms. The molecule has 0 saturated carbocycles. The quantitative estimate of drug-likeness (QED) is 0.793. The van der Waals surface area contributed by atoms with Crippen LogP contribution in [0.5, 0.6) is 0 Å². The first kappa shape index (κ1) is 11.1. The summed E-state index contributed by atoms with van der Waals surface area (Å²) in [5.41, 5.74) is 2.16. The van der Waals surface area contributed by atoms with Crippen LogP contribution in [0.2, 0.25) is 0 Å². The first-order valence-corrected chi connectivity index (χ1v) is 5.15. The maximum absolute atomic E-state index is 9.04. The number of nitrogens with zero attached hydrogens (tertiary/aromatic N) is 1. The van der Waals surface area contributed by atoms with Gasteiger partial charge in [-0.25, -0.2) is 0 Å². The third-order valence-electron chi connectivity index (χ3n) is 2.39. The predicted octanol–water partition coefficient (Wildman–Crippen LogP) is 2.41. The lowest BCUT2D eigenvalue weighted by molar-refractivity contribution is 0.282. The predicted molar refractivity (Wildman–Crippen MR) is 60.5 cm³/mol. The van der Waals surface area contributed by atoms with Crippen LogP contribution in [0.25, 0.3) is 0 Å². The largest absolute Gasteiger partial charge is 0.392 e. The Bertz CT molecular complexity index is 283. The molecular weight excluding hydrogens is 174 g/mol. The second kappa shape index (κ2) is 5.01. The average Bonchev–Trinajstić information content (AvgIpc) is 2.19. The summed E-state index contributed by atoms with van der Waals surface area (Å²) in [6, 6.07) is 8.56. The van der Waals surface area contributed by atoms with E-state index in [1.165, 1.54) is 5.69 Å². The third-order valence-corrected chi connectivity index (χ3v) is 2.39. The van der Waals surface area contributed by atoms with E-state index in [0.29, 0.717) is 6.04 Å². The lowest BCUT2D eigenvalue weighted by atomic mass is 10.1. The molecule has 0 aromatic heterocycles. The third kappa shape index (κ3) is 2.48. The monoisotopic (exact) mass is 193 g/mol. The van der Waals surface area contributed by atoms with E-state index in [2.05, 4.69) is 31.7 Å². The van der Waals surface area contributed by atoms with E-state index in [9.17, 15) is 0 Å². The van der Waals surface area contributed by atoms with Gasteiger partial charge >= 0.3 is 0 Å². The smallest absolute Gasteiger partial charge is 0.0682 e. The summed E-state index contributed by atoms with van der Waals surface area (Å²) in [6.45, 7) is 7.60. The van der Waals surface area contributed by atoms with Crippen molar-refractivity contribution in [1.29, 1.82) is 0 Å². The molecule has 2 nitrogen and oxygen atoms in total. The molecule has 0 fully saturated rings. The van der Waals surface area contributed by atoms with Crippen molar-refractivity contribution in [1.82, 2.24) is 0 Å². The van der Waals surface area contributed by atoms with Gasteiger partial charge in [-0.05, 0) is 38.5 Å². The van der Waals surface area contributed by atoms with Crippen molar-refractivity contribution in [3.05, 3.63) is 29.8 Å².